The maximum absolute atomic E-state index is 12.8. The molecule has 0 spiro atoms. The molecule has 0 radical (unpaired) electrons. The number of hydrogen-bond acceptors (Lipinski definition) is 6. The second-order valence-electron chi connectivity index (χ2n) is 16.8. The summed E-state index contributed by atoms with van der Waals surface area (Å²) in [4.78, 5) is 37.9. The monoisotopic (exact) mass is 839 g/mol. The Morgan fingerprint density at radius 1 is 0.350 bits per heavy atom. The standard InChI is InChI=1S/C54H94O6/c1-4-7-10-13-16-19-22-24-26-28-29-32-35-38-41-44-47-53(56)59-50-51(49-58-52(55)46-43-40-37-34-31-21-18-15-12-9-6-3)60-54(57)48-45-42-39-36-33-30-27-25-23-20-17-14-11-8-5-2/h8,11,14-15,17-18,20,23,25,27,51H,4-7,9-10,12-13,16,19,21-22,24,26,28-50H2,1-3H3/b11-8-,17-14-,18-15-,23-20-,27-25-. The van der Waals surface area contributed by atoms with Crippen LogP contribution in [0.3, 0.4) is 0 Å². The van der Waals surface area contributed by atoms with Crippen LogP contribution in [0.4, 0.5) is 0 Å². The van der Waals surface area contributed by atoms with Gasteiger partial charge in [0.25, 0.3) is 0 Å². The molecule has 0 aliphatic heterocycles. The Morgan fingerprint density at radius 2 is 0.683 bits per heavy atom. The van der Waals surface area contributed by atoms with E-state index >= 15 is 0 Å². The van der Waals surface area contributed by atoms with Gasteiger partial charge >= 0.3 is 17.9 Å². The number of carbonyl (C=O) groups excluding carboxylic acids is 3. The fourth-order valence-corrected chi connectivity index (χ4v) is 7.02. The highest BCUT2D eigenvalue weighted by atomic mass is 16.6. The molecule has 0 amide bonds. The van der Waals surface area contributed by atoms with Crippen molar-refractivity contribution < 1.29 is 28.6 Å². The summed E-state index contributed by atoms with van der Waals surface area (Å²) in [6.07, 6.45) is 59.1. The molecule has 1 unspecified atom stereocenters. The molecule has 0 saturated carbocycles. The minimum absolute atomic E-state index is 0.0848. The summed E-state index contributed by atoms with van der Waals surface area (Å²) >= 11 is 0. The van der Waals surface area contributed by atoms with Gasteiger partial charge in [0.15, 0.2) is 6.10 Å². The van der Waals surface area contributed by atoms with E-state index in [0.717, 1.165) is 89.9 Å². The maximum atomic E-state index is 12.8. The molecule has 0 aromatic rings. The van der Waals surface area contributed by atoms with E-state index in [-0.39, 0.29) is 31.1 Å². The van der Waals surface area contributed by atoms with Crippen LogP contribution in [0.15, 0.2) is 60.8 Å². The fourth-order valence-electron chi connectivity index (χ4n) is 7.02. The van der Waals surface area contributed by atoms with E-state index in [4.69, 9.17) is 14.2 Å². The Balaban J connectivity index is 4.39. The van der Waals surface area contributed by atoms with Gasteiger partial charge in [-0.05, 0) is 57.8 Å². The molecule has 0 heterocycles. The first kappa shape index (κ1) is 57.1. The van der Waals surface area contributed by atoms with Crippen molar-refractivity contribution in [1.82, 2.24) is 0 Å². The van der Waals surface area contributed by atoms with Crippen molar-refractivity contribution in [2.75, 3.05) is 13.2 Å². The second-order valence-corrected chi connectivity index (χ2v) is 16.8. The zero-order valence-corrected chi connectivity index (χ0v) is 39.5. The molecule has 0 aliphatic carbocycles. The van der Waals surface area contributed by atoms with Crippen molar-refractivity contribution in [1.29, 1.82) is 0 Å². The number of esters is 3. The third-order valence-electron chi connectivity index (χ3n) is 10.9. The van der Waals surface area contributed by atoms with Crippen LogP contribution in [0.1, 0.15) is 245 Å². The molecular weight excluding hydrogens is 745 g/mol. The van der Waals surface area contributed by atoms with Crippen molar-refractivity contribution in [3.63, 3.8) is 0 Å². The minimum atomic E-state index is -0.786. The van der Waals surface area contributed by atoms with Gasteiger partial charge in [0.1, 0.15) is 13.2 Å². The first-order valence-corrected chi connectivity index (χ1v) is 25.3. The van der Waals surface area contributed by atoms with Gasteiger partial charge in [0, 0.05) is 19.3 Å². The number of allylic oxidation sites excluding steroid dienone is 10. The van der Waals surface area contributed by atoms with Gasteiger partial charge in [-0.2, -0.15) is 0 Å². The lowest BCUT2D eigenvalue weighted by atomic mass is 10.0. The average Bonchev–Trinajstić information content (AvgIpc) is 3.24. The molecule has 0 bridgehead atoms. The Bertz CT molecular complexity index is 1100. The van der Waals surface area contributed by atoms with Crippen LogP contribution in [-0.4, -0.2) is 37.2 Å². The molecule has 0 saturated heterocycles. The first-order chi connectivity index (χ1) is 29.5. The van der Waals surface area contributed by atoms with Gasteiger partial charge in [-0.25, -0.2) is 0 Å². The molecule has 346 valence electrons. The summed E-state index contributed by atoms with van der Waals surface area (Å²) in [5, 5.41) is 0. The van der Waals surface area contributed by atoms with E-state index in [0.29, 0.717) is 19.3 Å². The van der Waals surface area contributed by atoms with Crippen LogP contribution in [-0.2, 0) is 28.6 Å². The SMILES string of the molecule is CC\C=C/C=C\C=C/C=C\CCCCCCCC(=O)OC(COC(=O)CCCCCCC/C=C\CCCC)COC(=O)CCCCCCCCCCCCCCCCCC. The van der Waals surface area contributed by atoms with E-state index in [9.17, 15) is 14.4 Å². The summed E-state index contributed by atoms with van der Waals surface area (Å²) in [6.45, 7) is 6.44. The van der Waals surface area contributed by atoms with Gasteiger partial charge in [0.2, 0.25) is 0 Å². The van der Waals surface area contributed by atoms with Crippen molar-refractivity contribution in [3.8, 4) is 0 Å². The quantitative estimate of drug-likeness (QED) is 0.0200. The molecule has 0 aromatic heterocycles. The van der Waals surface area contributed by atoms with Crippen LogP contribution in [0, 0.1) is 0 Å². The normalized spacial score (nSPS) is 12.5. The van der Waals surface area contributed by atoms with Crippen molar-refractivity contribution in [2.24, 2.45) is 0 Å². The molecule has 0 aromatic carbocycles. The van der Waals surface area contributed by atoms with Gasteiger partial charge in [0.05, 0.1) is 0 Å². The second kappa shape index (κ2) is 48.8. The van der Waals surface area contributed by atoms with Gasteiger partial charge in [-0.3, -0.25) is 14.4 Å². The summed E-state index contributed by atoms with van der Waals surface area (Å²) < 4.78 is 16.8. The predicted molar refractivity (Wildman–Crippen MR) is 256 cm³/mol. The summed E-state index contributed by atoms with van der Waals surface area (Å²) in [5.74, 6) is -0.914. The summed E-state index contributed by atoms with van der Waals surface area (Å²) in [7, 11) is 0. The third kappa shape index (κ3) is 46.2. The molecule has 0 aliphatic rings. The predicted octanol–water partition coefficient (Wildman–Crippen LogP) is 16.5. The lowest BCUT2D eigenvalue weighted by Gasteiger charge is -2.18. The van der Waals surface area contributed by atoms with Crippen LogP contribution < -0.4 is 0 Å². The van der Waals surface area contributed by atoms with E-state index in [2.05, 4.69) is 63.3 Å². The zero-order chi connectivity index (χ0) is 43.7. The average molecular weight is 839 g/mol. The number of ether oxygens (including phenoxy) is 3. The Hall–Kier alpha value is -2.89. The van der Waals surface area contributed by atoms with Crippen molar-refractivity contribution in [3.05, 3.63) is 60.8 Å². The molecule has 60 heavy (non-hydrogen) atoms. The van der Waals surface area contributed by atoms with Crippen LogP contribution in [0.2, 0.25) is 0 Å². The van der Waals surface area contributed by atoms with Gasteiger partial charge < -0.3 is 14.2 Å². The van der Waals surface area contributed by atoms with E-state index in [1.54, 1.807) is 0 Å². The minimum Gasteiger partial charge on any atom is -0.462 e. The largest absolute Gasteiger partial charge is 0.462 e. The molecule has 6 nitrogen and oxygen atoms in total. The van der Waals surface area contributed by atoms with Crippen LogP contribution in [0.5, 0.6) is 0 Å². The highest BCUT2D eigenvalue weighted by Crippen LogP contribution is 2.15. The number of carbonyl (C=O) groups is 3. The topological polar surface area (TPSA) is 78.9 Å². The van der Waals surface area contributed by atoms with E-state index < -0.39 is 6.10 Å². The summed E-state index contributed by atoms with van der Waals surface area (Å²) in [5.41, 5.74) is 0. The Kier molecular flexibility index (Phi) is 46.4. The lowest BCUT2D eigenvalue weighted by Crippen LogP contribution is -2.30. The van der Waals surface area contributed by atoms with Gasteiger partial charge in [-0.1, -0.05) is 229 Å². The molecule has 0 N–H and O–H groups in total. The Morgan fingerprint density at radius 3 is 1.12 bits per heavy atom. The van der Waals surface area contributed by atoms with Gasteiger partial charge in [-0.15, -0.1) is 0 Å². The number of hydrogen-bond donors (Lipinski definition) is 0. The van der Waals surface area contributed by atoms with E-state index in [1.165, 1.54) is 116 Å². The van der Waals surface area contributed by atoms with Crippen molar-refractivity contribution >= 4 is 17.9 Å². The Labute approximate surface area is 370 Å². The summed E-state index contributed by atoms with van der Waals surface area (Å²) in [6, 6.07) is 0. The third-order valence-corrected chi connectivity index (χ3v) is 10.9. The van der Waals surface area contributed by atoms with Crippen LogP contribution >= 0.6 is 0 Å². The fraction of sp³-hybridized carbons (Fsp3) is 0.759. The molecule has 0 fully saturated rings. The smallest absolute Gasteiger partial charge is 0.306 e. The van der Waals surface area contributed by atoms with Crippen molar-refractivity contribution in [2.45, 2.75) is 252 Å². The van der Waals surface area contributed by atoms with Crippen LogP contribution in [0.25, 0.3) is 0 Å². The highest BCUT2D eigenvalue weighted by molar-refractivity contribution is 5.71. The molecule has 1 atom stereocenters. The molecule has 6 heteroatoms. The lowest BCUT2D eigenvalue weighted by molar-refractivity contribution is -0.167. The first-order valence-electron chi connectivity index (χ1n) is 25.3. The number of rotatable bonds is 45. The molecule has 0 rings (SSSR count). The highest BCUT2D eigenvalue weighted by Gasteiger charge is 2.19. The zero-order valence-electron chi connectivity index (χ0n) is 39.5. The van der Waals surface area contributed by atoms with E-state index in [1.807, 2.05) is 18.2 Å². The molecular formula is C54H94O6. The maximum Gasteiger partial charge on any atom is 0.306 e. The number of unbranched alkanes of at least 4 members (excludes halogenated alkanes) is 27.